The lowest BCUT2D eigenvalue weighted by Crippen LogP contribution is -2.41. The molecule has 3 rings (SSSR count). The van der Waals surface area contributed by atoms with E-state index in [1.54, 1.807) is 7.11 Å². The molecule has 1 saturated carbocycles. The van der Waals surface area contributed by atoms with Crippen LogP contribution in [0.5, 0.6) is 0 Å². The molecule has 0 aromatic carbocycles. The molecule has 2 fully saturated rings. The molecule has 0 aromatic heterocycles. The lowest BCUT2D eigenvalue weighted by Gasteiger charge is -2.36. The summed E-state index contributed by atoms with van der Waals surface area (Å²) in [6.45, 7) is 3.02. The van der Waals surface area contributed by atoms with Crippen LogP contribution in [-0.4, -0.2) is 26.8 Å². The number of allylic oxidation sites excluding steroid dienone is 4. The third-order valence-electron chi connectivity index (χ3n) is 5.06. The van der Waals surface area contributed by atoms with E-state index >= 15 is 0 Å². The number of methoxy groups -OCH3 is 1. The molecule has 1 unspecified atom stereocenters. The molecule has 0 amide bonds. The predicted octanol–water partition coefficient (Wildman–Crippen LogP) is 3.27. The van der Waals surface area contributed by atoms with Crippen molar-refractivity contribution in [3.05, 3.63) is 22.2 Å². The zero-order chi connectivity index (χ0) is 12.8. The first-order valence-corrected chi connectivity index (χ1v) is 7.31. The molecule has 100 valence electrons. The first-order valence-electron chi connectivity index (χ1n) is 6.56. The summed E-state index contributed by atoms with van der Waals surface area (Å²) in [5, 5.41) is 5.03. The summed E-state index contributed by atoms with van der Waals surface area (Å²) < 4.78 is 5.45. The average Bonchev–Trinajstić information content (AvgIpc) is 3.03. The quantitative estimate of drug-likeness (QED) is 0.860. The van der Waals surface area contributed by atoms with Crippen molar-refractivity contribution in [3.8, 4) is 0 Å². The first kappa shape index (κ1) is 13.0. The summed E-state index contributed by atoms with van der Waals surface area (Å²) >= 11 is 12.3. The van der Waals surface area contributed by atoms with E-state index in [-0.39, 0.29) is 0 Å². The van der Waals surface area contributed by atoms with Crippen molar-refractivity contribution in [3.63, 3.8) is 0 Å². The number of rotatable bonds is 3. The molecule has 2 aliphatic carbocycles. The molecule has 0 radical (unpaired) electrons. The second-order valence-electron chi connectivity index (χ2n) is 5.90. The van der Waals surface area contributed by atoms with Crippen LogP contribution in [0.3, 0.4) is 0 Å². The monoisotopic (exact) mass is 287 g/mol. The number of nitrogens with one attached hydrogen (secondary N) is 1. The van der Waals surface area contributed by atoms with Gasteiger partial charge in [0.25, 0.3) is 0 Å². The lowest BCUT2D eigenvalue weighted by molar-refractivity contribution is 0.0836. The molecule has 1 aliphatic heterocycles. The smallest absolute Gasteiger partial charge is 0.0548 e. The highest BCUT2D eigenvalue weighted by molar-refractivity contribution is 6.40. The van der Waals surface area contributed by atoms with Gasteiger partial charge in [-0.1, -0.05) is 29.3 Å². The van der Waals surface area contributed by atoms with Crippen molar-refractivity contribution in [2.45, 2.75) is 19.3 Å². The Morgan fingerprint density at radius 3 is 3.06 bits per heavy atom. The summed E-state index contributed by atoms with van der Waals surface area (Å²) in [6, 6.07) is 0. The SMILES string of the molecule is COC[C@]12CNCCC1([C@@H]1C=CC(Cl)=C(Cl)C1)C2. The van der Waals surface area contributed by atoms with Gasteiger partial charge in [-0.2, -0.15) is 0 Å². The van der Waals surface area contributed by atoms with Gasteiger partial charge >= 0.3 is 0 Å². The van der Waals surface area contributed by atoms with E-state index in [1.807, 2.05) is 6.08 Å². The van der Waals surface area contributed by atoms with Gasteiger partial charge < -0.3 is 10.1 Å². The average molecular weight is 288 g/mol. The van der Waals surface area contributed by atoms with Gasteiger partial charge in [0.2, 0.25) is 0 Å². The summed E-state index contributed by atoms with van der Waals surface area (Å²) in [7, 11) is 1.80. The maximum Gasteiger partial charge on any atom is 0.0548 e. The van der Waals surface area contributed by atoms with E-state index in [2.05, 4.69) is 11.4 Å². The minimum Gasteiger partial charge on any atom is -0.384 e. The molecular formula is C14H19Cl2NO. The summed E-state index contributed by atoms with van der Waals surface area (Å²) in [5.74, 6) is 0.518. The van der Waals surface area contributed by atoms with Crippen molar-refractivity contribution < 1.29 is 4.74 Å². The molecule has 4 heteroatoms. The number of hydrogen-bond donors (Lipinski definition) is 1. The van der Waals surface area contributed by atoms with Crippen LogP contribution in [0.4, 0.5) is 0 Å². The molecule has 0 bridgehead atoms. The van der Waals surface area contributed by atoms with Crippen LogP contribution in [0.2, 0.25) is 0 Å². The maximum atomic E-state index is 6.23. The summed E-state index contributed by atoms with van der Waals surface area (Å²) in [5.41, 5.74) is 0.693. The van der Waals surface area contributed by atoms with Crippen molar-refractivity contribution in [1.29, 1.82) is 0 Å². The minimum absolute atomic E-state index is 0.315. The van der Waals surface area contributed by atoms with E-state index in [4.69, 9.17) is 27.9 Å². The fraction of sp³-hybridized carbons (Fsp3) is 0.714. The zero-order valence-electron chi connectivity index (χ0n) is 10.6. The predicted molar refractivity (Wildman–Crippen MR) is 74.8 cm³/mol. The van der Waals surface area contributed by atoms with Crippen LogP contribution < -0.4 is 5.32 Å². The third kappa shape index (κ3) is 1.77. The van der Waals surface area contributed by atoms with Gasteiger partial charge in [0.05, 0.1) is 11.6 Å². The highest BCUT2D eigenvalue weighted by Gasteiger charge is 2.70. The largest absolute Gasteiger partial charge is 0.384 e. The normalized spacial score (nSPS) is 42.9. The van der Waals surface area contributed by atoms with E-state index in [0.717, 1.165) is 31.1 Å². The Bertz CT molecular complexity index is 416. The number of hydrogen-bond acceptors (Lipinski definition) is 2. The van der Waals surface area contributed by atoms with E-state index in [9.17, 15) is 0 Å². The molecule has 1 N–H and O–H groups in total. The van der Waals surface area contributed by atoms with Crippen LogP contribution in [0.15, 0.2) is 22.2 Å². The second-order valence-corrected chi connectivity index (χ2v) is 6.76. The fourth-order valence-electron chi connectivity index (χ4n) is 4.05. The fourth-order valence-corrected chi connectivity index (χ4v) is 4.43. The number of fused-ring (bicyclic) bond motifs is 1. The van der Waals surface area contributed by atoms with Gasteiger partial charge in [0, 0.05) is 24.1 Å². The Balaban J connectivity index is 1.82. The Labute approximate surface area is 118 Å². The van der Waals surface area contributed by atoms with Crippen molar-refractivity contribution >= 4 is 23.2 Å². The number of halogens is 2. The van der Waals surface area contributed by atoms with Crippen LogP contribution in [-0.2, 0) is 4.74 Å². The highest BCUT2D eigenvalue weighted by Crippen LogP contribution is 2.72. The van der Waals surface area contributed by atoms with Crippen molar-refractivity contribution in [2.24, 2.45) is 16.7 Å². The number of piperidine rings is 1. The van der Waals surface area contributed by atoms with Gasteiger partial charge in [0.15, 0.2) is 0 Å². The Kier molecular flexibility index (Phi) is 3.26. The van der Waals surface area contributed by atoms with Gasteiger partial charge in [-0.25, -0.2) is 0 Å². The van der Waals surface area contributed by atoms with Crippen LogP contribution in [0.1, 0.15) is 19.3 Å². The Morgan fingerprint density at radius 1 is 1.50 bits per heavy atom. The first-order chi connectivity index (χ1) is 8.63. The van der Waals surface area contributed by atoms with Crippen molar-refractivity contribution in [2.75, 3.05) is 26.8 Å². The van der Waals surface area contributed by atoms with Crippen LogP contribution in [0, 0.1) is 16.7 Å². The highest BCUT2D eigenvalue weighted by atomic mass is 35.5. The zero-order valence-corrected chi connectivity index (χ0v) is 12.2. The molecule has 3 atom stereocenters. The third-order valence-corrected chi connectivity index (χ3v) is 5.87. The van der Waals surface area contributed by atoms with Gasteiger partial charge in [-0.15, -0.1) is 0 Å². The molecule has 1 heterocycles. The molecular weight excluding hydrogens is 269 g/mol. The molecule has 1 saturated heterocycles. The van der Waals surface area contributed by atoms with Crippen LogP contribution >= 0.6 is 23.2 Å². The second kappa shape index (κ2) is 4.52. The topological polar surface area (TPSA) is 21.3 Å². The van der Waals surface area contributed by atoms with Gasteiger partial charge in [0.1, 0.15) is 0 Å². The Hall–Kier alpha value is -0.0200. The van der Waals surface area contributed by atoms with Crippen LogP contribution in [0.25, 0.3) is 0 Å². The van der Waals surface area contributed by atoms with Gasteiger partial charge in [-0.3, -0.25) is 0 Å². The van der Waals surface area contributed by atoms with E-state index in [1.165, 1.54) is 12.8 Å². The molecule has 3 aliphatic rings. The van der Waals surface area contributed by atoms with E-state index < -0.39 is 0 Å². The molecule has 0 aromatic rings. The van der Waals surface area contributed by atoms with E-state index in [0.29, 0.717) is 21.8 Å². The van der Waals surface area contributed by atoms with Crippen molar-refractivity contribution in [1.82, 2.24) is 5.32 Å². The molecule has 0 spiro atoms. The molecule has 2 nitrogen and oxygen atoms in total. The Morgan fingerprint density at radius 2 is 2.33 bits per heavy atom. The lowest BCUT2D eigenvalue weighted by atomic mass is 9.74. The minimum atomic E-state index is 0.315. The summed E-state index contributed by atoms with van der Waals surface area (Å²) in [4.78, 5) is 0. The maximum absolute atomic E-state index is 6.23. The molecule has 18 heavy (non-hydrogen) atoms. The number of ether oxygens (including phenoxy) is 1. The van der Waals surface area contributed by atoms with Gasteiger partial charge in [-0.05, 0) is 43.2 Å². The standard InChI is InChI=1S/C14H19Cl2NO/c1-18-9-13-7-14(13,4-5-17-8-13)10-2-3-11(15)12(16)6-10/h2-3,10,17H,4-9H2,1H3/t10-,13+,14?/m1/s1. The summed E-state index contributed by atoms with van der Waals surface area (Å²) in [6.07, 6.45) is 7.59.